The predicted molar refractivity (Wildman–Crippen MR) is 66.7 cm³/mol. The number of carbonyl (C=O) groups is 1. The summed E-state index contributed by atoms with van der Waals surface area (Å²) in [6.07, 6.45) is 4.36. The van der Waals surface area contributed by atoms with Crippen molar-refractivity contribution in [2.45, 2.75) is 19.9 Å². The zero-order valence-corrected chi connectivity index (χ0v) is 9.76. The largest absolute Gasteiger partial charge is 0.326 e. The van der Waals surface area contributed by atoms with E-state index in [0.29, 0.717) is 6.54 Å². The summed E-state index contributed by atoms with van der Waals surface area (Å²) in [6.45, 7) is 2.33. The Kier molecular flexibility index (Phi) is 3.55. The van der Waals surface area contributed by atoms with Gasteiger partial charge >= 0.3 is 0 Å². The second kappa shape index (κ2) is 5.30. The Morgan fingerprint density at radius 3 is 2.82 bits per heavy atom. The average molecular weight is 229 g/mol. The number of rotatable bonds is 4. The van der Waals surface area contributed by atoms with E-state index in [2.05, 4.69) is 10.3 Å². The summed E-state index contributed by atoms with van der Waals surface area (Å²) in [5.41, 5.74) is 0.815. The molecule has 1 amide bonds. The molecule has 0 saturated carbocycles. The van der Waals surface area contributed by atoms with E-state index in [4.69, 9.17) is 0 Å². The van der Waals surface area contributed by atoms with Crippen LogP contribution in [0.15, 0.2) is 42.7 Å². The molecular formula is C13H15N3O. The maximum absolute atomic E-state index is 11.8. The van der Waals surface area contributed by atoms with Gasteiger partial charge in [0, 0.05) is 24.5 Å². The summed E-state index contributed by atoms with van der Waals surface area (Å²) in [4.78, 5) is 16.0. The lowest BCUT2D eigenvalue weighted by molar-refractivity contribution is -0.116. The summed E-state index contributed by atoms with van der Waals surface area (Å²) < 4.78 is 1.86. The molecule has 2 rings (SSSR count). The Morgan fingerprint density at radius 2 is 2.12 bits per heavy atom. The van der Waals surface area contributed by atoms with Crippen molar-refractivity contribution >= 4 is 11.6 Å². The Balaban J connectivity index is 1.98. The summed E-state index contributed by atoms with van der Waals surface area (Å²) in [6, 6.07) is 9.44. The highest BCUT2D eigenvalue weighted by Crippen LogP contribution is 2.05. The number of hydrogen-bond donors (Lipinski definition) is 1. The van der Waals surface area contributed by atoms with Gasteiger partial charge in [-0.2, -0.15) is 0 Å². The van der Waals surface area contributed by atoms with Crippen molar-refractivity contribution in [3.63, 3.8) is 0 Å². The van der Waals surface area contributed by atoms with Crippen LogP contribution in [0.3, 0.4) is 0 Å². The molecule has 4 nitrogen and oxygen atoms in total. The van der Waals surface area contributed by atoms with Crippen LogP contribution in [0.2, 0.25) is 0 Å². The van der Waals surface area contributed by atoms with Gasteiger partial charge in [0.25, 0.3) is 0 Å². The third-order valence-electron chi connectivity index (χ3n) is 2.49. The number of para-hydroxylation sites is 1. The smallest absolute Gasteiger partial charge is 0.244 e. The fourth-order valence-corrected chi connectivity index (χ4v) is 1.68. The van der Waals surface area contributed by atoms with E-state index in [-0.39, 0.29) is 5.91 Å². The molecule has 0 spiro atoms. The number of anilines is 1. The SMILES string of the molecule is CCc1nccn1CC(=O)Nc1ccccc1. The van der Waals surface area contributed by atoms with Crippen molar-refractivity contribution in [3.8, 4) is 0 Å². The molecule has 88 valence electrons. The molecule has 0 unspecified atom stereocenters. The van der Waals surface area contributed by atoms with Crippen molar-refractivity contribution in [2.75, 3.05) is 5.32 Å². The van der Waals surface area contributed by atoms with E-state index < -0.39 is 0 Å². The van der Waals surface area contributed by atoms with Crippen LogP contribution in [0.1, 0.15) is 12.7 Å². The molecule has 0 aliphatic carbocycles. The zero-order chi connectivity index (χ0) is 12.1. The molecule has 4 heteroatoms. The number of benzene rings is 1. The number of hydrogen-bond acceptors (Lipinski definition) is 2. The van der Waals surface area contributed by atoms with Crippen LogP contribution in [0.4, 0.5) is 5.69 Å². The van der Waals surface area contributed by atoms with Crippen LogP contribution in [0.5, 0.6) is 0 Å². The van der Waals surface area contributed by atoms with Gasteiger partial charge < -0.3 is 9.88 Å². The van der Waals surface area contributed by atoms with Gasteiger partial charge in [0.1, 0.15) is 12.4 Å². The van der Waals surface area contributed by atoms with E-state index in [1.54, 1.807) is 6.20 Å². The number of nitrogens with zero attached hydrogens (tertiary/aromatic N) is 2. The number of amides is 1. The van der Waals surface area contributed by atoms with Gasteiger partial charge in [-0.1, -0.05) is 25.1 Å². The second-order valence-electron chi connectivity index (χ2n) is 3.74. The standard InChI is InChI=1S/C13H15N3O/c1-2-12-14-8-9-16(12)10-13(17)15-11-6-4-3-5-7-11/h3-9H,2,10H2,1H3,(H,15,17). The monoisotopic (exact) mass is 229 g/mol. The molecule has 0 aliphatic rings. The minimum Gasteiger partial charge on any atom is -0.326 e. The number of imidazole rings is 1. The fourth-order valence-electron chi connectivity index (χ4n) is 1.68. The first-order chi connectivity index (χ1) is 8.29. The highest BCUT2D eigenvalue weighted by atomic mass is 16.1. The van der Waals surface area contributed by atoms with Crippen molar-refractivity contribution < 1.29 is 4.79 Å². The fraction of sp³-hybridized carbons (Fsp3) is 0.231. The first-order valence-corrected chi connectivity index (χ1v) is 5.64. The van der Waals surface area contributed by atoms with Gasteiger partial charge in [-0.25, -0.2) is 4.98 Å². The summed E-state index contributed by atoms with van der Waals surface area (Å²) in [5, 5.41) is 2.84. The predicted octanol–water partition coefficient (Wildman–Crippen LogP) is 2.08. The van der Waals surface area contributed by atoms with Crippen molar-refractivity contribution in [3.05, 3.63) is 48.5 Å². The Morgan fingerprint density at radius 1 is 1.35 bits per heavy atom. The maximum atomic E-state index is 11.8. The molecule has 0 atom stereocenters. The lowest BCUT2D eigenvalue weighted by Gasteiger charge is -2.07. The number of nitrogens with one attached hydrogen (secondary N) is 1. The lowest BCUT2D eigenvalue weighted by Crippen LogP contribution is -2.19. The Hall–Kier alpha value is -2.10. The van der Waals surface area contributed by atoms with Crippen LogP contribution >= 0.6 is 0 Å². The summed E-state index contributed by atoms with van der Waals surface area (Å²) in [7, 11) is 0. The van der Waals surface area contributed by atoms with E-state index in [0.717, 1.165) is 17.9 Å². The van der Waals surface area contributed by atoms with Gasteiger partial charge in [0.05, 0.1) is 0 Å². The van der Waals surface area contributed by atoms with Gasteiger partial charge in [-0.05, 0) is 12.1 Å². The summed E-state index contributed by atoms with van der Waals surface area (Å²) in [5.74, 6) is 0.886. The lowest BCUT2D eigenvalue weighted by atomic mass is 10.3. The number of aryl methyl sites for hydroxylation is 1. The quantitative estimate of drug-likeness (QED) is 0.872. The molecule has 0 saturated heterocycles. The van der Waals surface area contributed by atoms with Gasteiger partial charge in [0.15, 0.2) is 0 Å². The van der Waals surface area contributed by atoms with Crippen LogP contribution in [0, 0.1) is 0 Å². The van der Waals surface area contributed by atoms with E-state index in [9.17, 15) is 4.79 Å². The minimum absolute atomic E-state index is 0.0381. The number of aromatic nitrogens is 2. The molecule has 1 N–H and O–H groups in total. The van der Waals surface area contributed by atoms with E-state index >= 15 is 0 Å². The normalized spacial score (nSPS) is 10.2. The van der Waals surface area contributed by atoms with Crippen molar-refractivity contribution in [1.29, 1.82) is 0 Å². The Bertz CT molecular complexity index is 490. The van der Waals surface area contributed by atoms with Gasteiger partial charge in [0.2, 0.25) is 5.91 Å². The van der Waals surface area contributed by atoms with E-state index in [1.165, 1.54) is 0 Å². The van der Waals surface area contributed by atoms with Crippen molar-refractivity contribution in [2.24, 2.45) is 0 Å². The van der Waals surface area contributed by atoms with Crippen LogP contribution in [0.25, 0.3) is 0 Å². The molecular weight excluding hydrogens is 214 g/mol. The molecule has 0 aliphatic heterocycles. The van der Waals surface area contributed by atoms with Gasteiger partial charge in [-0.15, -0.1) is 0 Å². The molecule has 0 fully saturated rings. The highest BCUT2D eigenvalue weighted by Gasteiger charge is 2.06. The minimum atomic E-state index is -0.0381. The molecule has 0 radical (unpaired) electrons. The van der Waals surface area contributed by atoms with Gasteiger partial charge in [-0.3, -0.25) is 4.79 Å². The average Bonchev–Trinajstić information content (AvgIpc) is 2.77. The molecule has 0 bridgehead atoms. The zero-order valence-electron chi connectivity index (χ0n) is 9.76. The third-order valence-corrected chi connectivity index (χ3v) is 2.49. The first-order valence-electron chi connectivity index (χ1n) is 5.64. The van der Waals surface area contributed by atoms with E-state index in [1.807, 2.05) is 48.0 Å². The first kappa shape index (κ1) is 11.4. The molecule has 1 aromatic carbocycles. The second-order valence-corrected chi connectivity index (χ2v) is 3.74. The van der Waals surface area contributed by atoms with Crippen LogP contribution in [-0.4, -0.2) is 15.5 Å². The Labute approximate surface area is 100 Å². The van der Waals surface area contributed by atoms with Crippen LogP contribution < -0.4 is 5.32 Å². The third kappa shape index (κ3) is 2.93. The topological polar surface area (TPSA) is 46.9 Å². The maximum Gasteiger partial charge on any atom is 0.244 e. The van der Waals surface area contributed by atoms with Crippen LogP contribution in [-0.2, 0) is 17.8 Å². The molecule has 1 heterocycles. The molecule has 17 heavy (non-hydrogen) atoms. The summed E-state index contributed by atoms with van der Waals surface area (Å²) >= 11 is 0. The molecule has 1 aromatic heterocycles. The number of carbonyl (C=O) groups excluding carboxylic acids is 1. The molecule has 2 aromatic rings. The highest BCUT2D eigenvalue weighted by molar-refractivity contribution is 5.90. The van der Waals surface area contributed by atoms with Crippen molar-refractivity contribution in [1.82, 2.24) is 9.55 Å².